The fraction of sp³-hybridized carbons (Fsp3) is 0.545. The second kappa shape index (κ2) is 4.00. The van der Waals surface area contributed by atoms with Gasteiger partial charge >= 0.3 is 5.97 Å². The number of hydrogen-bond acceptors (Lipinski definition) is 5. The van der Waals surface area contributed by atoms with Crippen molar-refractivity contribution in [1.82, 2.24) is 4.37 Å². The molecule has 2 rings (SSSR count). The van der Waals surface area contributed by atoms with E-state index in [-0.39, 0.29) is 0 Å². The highest BCUT2D eigenvalue weighted by Gasteiger charge is 2.41. The first-order valence-corrected chi connectivity index (χ1v) is 6.10. The fourth-order valence-electron chi connectivity index (χ4n) is 2.01. The van der Waals surface area contributed by atoms with E-state index < -0.39 is 11.4 Å². The summed E-state index contributed by atoms with van der Waals surface area (Å²) in [5, 5.41) is 19.0. The molecule has 17 heavy (non-hydrogen) atoms. The van der Waals surface area contributed by atoms with Gasteiger partial charge in [0, 0.05) is 13.1 Å². The Morgan fingerprint density at radius 2 is 2.41 bits per heavy atom. The highest BCUT2D eigenvalue weighted by atomic mass is 32.1. The number of carbonyl (C=O) groups is 1. The first-order chi connectivity index (χ1) is 7.98. The molecule has 5 nitrogen and oxygen atoms in total. The van der Waals surface area contributed by atoms with E-state index in [1.54, 1.807) is 13.8 Å². The van der Waals surface area contributed by atoms with Crippen LogP contribution in [-0.4, -0.2) is 28.5 Å². The number of carboxylic acids is 1. The van der Waals surface area contributed by atoms with Crippen LogP contribution in [0.2, 0.25) is 0 Å². The number of aryl methyl sites for hydroxylation is 1. The lowest BCUT2D eigenvalue weighted by molar-refractivity contribution is -0.146. The summed E-state index contributed by atoms with van der Waals surface area (Å²) in [5.41, 5.74) is 0.575. The quantitative estimate of drug-likeness (QED) is 0.864. The summed E-state index contributed by atoms with van der Waals surface area (Å²) in [4.78, 5) is 13.1. The van der Waals surface area contributed by atoms with Crippen LogP contribution in [0.25, 0.3) is 0 Å². The van der Waals surface area contributed by atoms with Gasteiger partial charge in [-0.05, 0) is 31.8 Å². The molecule has 0 bridgehead atoms. The lowest BCUT2D eigenvalue weighted by Crippen LogP contribution is -2.31. The van der Waals surface area contributed by atoms with Gasteiger partial charge in [-0.25, -0.2) is 0 Å². The topological polar surface area (TPSA) is 77.2 Å². The molecule has 1 aliphatic rings. The molecule has 6 heteroatoms. The van der Waals surface area contributed by atoms with Crippen molar-refractivity contribution in [2.45, 2.75) is 20.3 Å². The lowest BCUT2D eigenvalue weighted by Gasteiger charge is -2.20. The Hall–Kier alpha value is -1.61. The lowest BCUT2D eigenvalue weighted by atomic mass is 9.90. The van der Waals surface area contributed by atoms with Crippen LogP contribution < -0.4 is 4.90 Å². The Morgan fingerprint density at radius 3 is 2.94 bits per heavy atom. The third-order valence-corrected chi connectivity index (χ3v) is 4.23. The van der Waals surface area contributed by atoms with Crippen LogP contribution in [0.15, 0.2) is 0 Å². The van der Waals surface area contributed by atoms with Crippen molar-refractivity contribution in [1.29, 1.82) is 5.26 Å². The number of carboxylic acid groups (broad SMARTS) is 1. The van der Waals surface area contributed by atoms with Crippen LogP contribution in [0.1, 0.15) is 24.6 Å². The molecule has 1 aromatic heterocycles. The molecule has 1 N–H and O–H groups in total. The van der Waals surface area contributed by atoms with Crippen LogP contribution >= 0.6 is 11.5 Å². The van der Waals surface area contributed by atoms with Gasteiger partial charge in [0.15, 0.2) is 0 Å². The Balaban J connectivity index is 2.27. The third-order valence-electron chi connectivity index (χ3n) is 3.23. The second-order valence-electron chi connectivity index (χ2n) is 4.60. The SMILES string of the molecule is Cc1nsc(N2CCC(C)(C(=O)O)C2)c1C#N. The smallest absolute Gasteiger partial charge is 0.311 e. The first-order valence-electron chi connectivity index (χ1n) is 5.32. The summed E-state index contributed by atoms with van der Waals surface area (Å²) in [7, 11) is 0. The maximum atomic E-state index is 11.2. The predicted octanol–water partition coefficient (Wildman–Crippen LogP) is 1.62. The number of anilines is 1. The van der Waals surface area contributed by atoms with Crippen LogP contribution in [-0.2, 0) is 4.79 Å². The monoisotopic (exact) mass is 251 g/mol. The second-order valence-corrected chi connectivity index (χ2v) is 5.35. The molecule has 0 spiro atoms. The molecule has 2 heterocycles. The number of nitriles is 1. The summed E-state index contributed by atoms with van der Waals surface area (Å²) in [5.74, 6) is -0.778. The maximum Gasteiger partial charge on any atom is 0.311 e. The molecule has 0 radical (unpaired) electrons. The van der Waals surface area contributed by atoms with Gasteiger partial charge in [0.25, 0.3) is 0 Å². The molecule has 0 amide bonds. The highest BCUT2D eigenvalue weighted by molar-refractivity contribution is 7.10. The van der Waals surface area contributed by atoms with Gasteiger partial charge in [-0.1, -0.05) is 0 Å². The van der Waals surface area contributed by atoms with E-state index >= 15 is 0 Å². The van der Waals surface area contributed by atoms with Gasteiger partial charge in [-0.2, -0.15) is 9.64 Å². The highest BCUT2D eigenvalue weighted by Crippen LogP contribution is 2.37. The minimum atomic E-state index is -0.778. The molecular formula is C11H13N3O2S. The summed E-state index contributed by atoms with van der Waals surface area (Å²) >= 11 is 1.27. The van der Waals surface area contributed by atoms with E-state index in [1.807, 2.05) is 4.90 Å². The standard InChI is InChI=1S/C11H13N3O2S/c1-7-8(5-12)9(17-13-7)14-4-3-11(2,6-14)10(15)16/h3-4,6H2,1-2H3,(H,15,16). The average Bonchev–Trinajstić information content (AvgIpc) is 2.83. The Kier molecular flexibility index (Phi) is 2.79. The van der Waals surface area contributed by atoms with E-state index in [4.69, 9.17) is 10.4 Å². The Morgan fingerprint density at radius 1 is 1.71 bits per heavy atom. The van der Waals surface area contributed by atoms with Crippen molar-refractivity contribution in [3.63, 3.8) is 0 Å². The molecule has 1 saturated heterocycles. The average molecular weight is 251 g/mol. The van der Waals surface area contributed by atoms with E-state index in [2.05, 4.69) is 10.4 Å². The third kappa shape index (κ3) is 1.87. The van der Waals surface area contributed by atoms with Crippen LogP contribution in [0.3, 0.4) is 0 Å². The van der Waals surface area contributed by atoms with Crippen molar-refractivity contribution in [3.8, 4) is 6.07 Å². The Bertz CT molecular complexity index is 505. The minimum absolute atomic E-state index is 0.443. The van der Waals surface area contributed by atoms with Gasteiger partial charge in [0.1, 0.15) is 16.6 Å². The molecular weight excluding hydrogens is 238 g/mol. The Labute approximate surface area is 103 Å². The molecule has 1 aromatic rings. The maximum absolute atomic E-state index is 11.2. The zero-order chi connectivity index (χ0) is 12.6. The van der Waals surface area contributed by atoms with Gasteiger partial charge in [0.2, 0.25) is 0 Å². The van der Waals surface area contributed by atoms with E-state index in [1.165, 1.54) is 11.5 Å². The summed E-state index contributed by atoms with van der Waals surface area (Å²) in [6.45, 7) is 4.65. The molecule has 0 saturated carbocycles. The predicted molar refractivity (Wildman–Crippen MR) is 64.1 cm³/mol. The zero-order valence-electron chi connectivity index (χ0n) is 9.73. The zero-order valence-corrected chi connectivity index (χ0v) is 10.5. The molecule has 1 unspecified atom stereocenters. The van der Waals surface area contributed by atoms with Crippen LogP contribution in [0.4, 0.5) is 5.00 Å². The fourth-order valence-corrected chi connectivity index (χ4v) is 2.88. The van der Waals surface area contributed by atoms with Crippen molar-refractivity contribution in [2.75, 3.05) is 18.0 Å². The van der Waals surface area contributed by atoms with Gasteiger partial charge in [-0.3, -0.25) is 4.79 Å². The first kappa shape index (κ1) is 11.9. The van der Waals surface area contributed by atoms with E-state index in [0.29, 0.717) is 25.1 Å². The van der Waals surface area contributed by atoms with Gasteiger partial charge in [-0.15, -0.1) is 0 Å². The number of aromatic nitrogens is 1. The van der Waals surface area contributed by atoms with Crippen molar-refractivity contribution in [3.05, 3.63) is 11.3 Å². The molecule has 0 aromatic carbocycles. The normalized spacial score (nSPS) is 23.7. The van der Waals surface area contributed by atoms with Crippen LogP contribution in [0, 0.1) is 23.7 Å². The number of aliphatic carboxylic acids is 1. The summed E-state index contributed by atoms with van der Waals surface area (Å²) in [6.07, 6.45) is 0.601. The molecule has 1 fully saturated rings. The number of rotatable bonds is 2. The van der Waals surface area contributed by atoms with E-state index in [0.717, 1.165) is 10.7 Å². The van der Waals surface area contributed by atoms with Crippen molar-refractivity contribution in [2.24, 2.45) is 5.41 Å². The largest absolute Gasteiger partial charge is 0.481 e. The molecule has 1 atom stereocenters. The molecule has 1 aliphatic heterocycles. The minimum Gasteiger partial charge on any atom is -0.481 e. The van der Waals surface area contributed by atoms with E-state index in [9.17, 15) is 4.79 Å². The van der Waals surface area contributed by atoms with Crippen LogP contribution in [0.5, 0.6) is 0 Å². The molecule has 90 valence electrons. The number of hydrogen-bond donors (Lipinski definition) is 1. The van der Waals surface area contributed by atoms with Gasteiger partial charge < -0.3 is 10.0 Å². The van der Waals surface area contributed by atoms with Crippen molar-refractivity contribution < 1.29 is 9.90 Å². The summed E-state index contributed by atoms with van der Waals surface area (Å²) < 4.78 is 4.15. The summed E-state index contributed by atoms with van der Waals surface area (Å²) in [6, 6.07) is 2.14. The van der Waals surface area contributed by atoms with Crippen molar-refractivity contribution >= 4 is 22.5 Å². The number of nitrogens with zero attached hydrogens (tertiary/aromatic N) is 3. The van der Waals surface area contributed by atoms with Gasteiger partial charge in [0.05, 0.1) is 11.1 Å². The molecule has 0 aliphatic carbocycles.